The first-order valence-electron chi connectivity index (χ1n) is 19.0. The SMILES string of the molecule is CC=C1C(=O)NC(C(=O)O)C(C)C(=O)NC(CCCN=C(N)N)C(=O)NC(C=CC(C)=CC(C)C(O)Cc2ccccc2)C(C)C(=O)NC(C(=O)O)CCC(=O)N1C. The number of aliphatic imine (C=N–C) groups is 1. The van der Waals surface area contributed by atoms with Gasteiger partial charge >= 0.3 is 11.9 Å². The maximum atomic E-state index is 14.0. The van der Waals surface area contributed by atoms with E-state index < -0.39 is 90.0 Å². The summed E-state index contributed by atoms with van der Waals surface area (Å²) in [7, 11) is 1.24. The molecule has 18 heteroatoms. The fourth-order valence-electron chi connectivity index (χ4n) is 6.10. The van der Waals surface area contributed by atoms with Crippen LogP contribution in [-0.4, -0.2) is 112 Å². The Bertz CT molecular complexity index is 1760. The summed E-state index contributed by atoms with van der Waals surface area (Å²) in [5.41, 5.74) is 12.2. The summed E-state index contributed by atoms with van der Waals surface area (Å²) >= 11 is 0. The molecular formula is C40H58N8O10. The topological polar surface area (TPSA) is 296 Å². The number of carbonyl (C=O) groups excluding carboxylic acids is 5. The molecule has 0 aliphatic carbocycles. The Labute approximate surface area is 338 Å². The fraction of sp³-hybridized carbons (Fsp3) is 0.500. The van der Waals surface area contributed by atoms with Gasteiger partial charge in [-0.15, -0.1) is 0 Å². The minimum Gasteiger partial charge on any atom is -0.480 e. The third-order valence-corrected chi connectivity index (χ3v) is 9.80. The first kappa shape index (κ1) is 48.1. The van der Waals surface area contributed by atoms with Crippen molar-refractivity contribution >= 4 is 47.4 Å². The molecule has 318 valence electrons. The van der Waals surface area contributed by atoms with Crippen LogP contribution in [0.2, 0.25) is 0 Å². The molecule has 0 saturated carbocycles. The monoisotopic (exact) mass is 810 g/mol. The second-order valence-corrected chi connectivity index (χ2v) is 14.4. The minimum atomic E-state index is -1.81. The molecule has 5 amide bonds. The number of nitrogens with zero attached hydrogens (tertiary/aromatic N) is 2. The Morgan fingerprint density at radius 1 is 0.948 bits per heavy atom. The van der Waals surface area contributed by atoms with E-state index in [1.807, 2.05) is 43.3 Å². The van der Waals surface area contributed by atoms with Crippen LogP contribution < -0.4 is 32.7 Å². The molecule has 1 fully saturated rings. The number of hydrogen-bond donors (Lipinski definition) is 9. The zero-order valence-electron chi connectivity index (χ0n) is 33.8. The summed E-state index contributed by atoms with van der Waals surface area (Å²) in [6, 6.07) is 3.66. The van der Waals surface area contributed by atoms with E-state index in [1.165, 1.54) is 40.0 Å². The molecule has 1 aliphatic rings. The molecule has 2 rings (SSSR count). The molecular weight excluding hydrogens is 752 g/mol. The molecule has 0 radical (unpaired) electrons. The Balaban J connectivity index is 2.61. The van der Waals surface area contributed by atoms with E-state index in [1.54, 1.807) is 13.0 Å². The van der Waals surface area contributed by atoms with Crippen LogP contribution in [0, 0.1) is 17.8 Å². The molecule has 1 aromatic rings. The van der Waals surface area contributed by atoms with Crippen LogP contribution >= 0.6 is 0 Å². The van der Waals surface area contributed by atoms with Gasteiger partial charge in [0.05, 0.1) is 24.0 Å². The van der Waals surface area contributed by atoms with Crippen molar-refractivity contribution < 1.29 is 48.9 Å². The van der Waals surface area contributed by atoms with Crippen LogP contribution in [0.3, 0.4) is 0 Å². The van der Waals surface area contributed by atoms with Gasteiger partial charge in [-0.05, 0) is 45.1 Å². The Morgan fingerprint density at radius 3 is 2.17 bits per heavy atom. The van der Waals surface area contributed by atoms with Crippen molar-refractivity contribution in [3.05, 3.63) is 71.5 Å². The zero-order chi connectivity index (χ0) is 43.7. The quantitative estimate of drug-likeness (QED) is 0.0454. The lowest BCUT2D eigenvalue weighted by Gasteiger charge is -2.28. The number of nitrogens with two attached hydrogens (primary N) is 2. The second-order valence-electron chi connectivity index (χ2n) is 14.4. The number of rotatable bonds is 12. The summed E-state index contributed by atoms with van der Waals surface area (Å²) in [6.07, 6.45) is 5.22. The normalized spacial score (nSPS) is 25.3. The summed E-state index contributed by atoms with van der Waals surface area (Å²) in [5.74, 6) is -10.3. The lowest BCUT2D eigenvalue weighted by molar-refractivity contribution is -0.146. The summed E-state index contributed by atoms with van der Waals surface area (Å²) in [4.78, 5) is 97.2. The van der Waals surface area contributed by atoms with E-state index in [0.717, 1.165) is 10.5 Å². The molecule has 58 heavy (non-hydrogen) atoms. The second kappa shape index (κ2) is 23.3. The number of hydrogen-bond acceptors (Lipinski definition) is 9. The van der Waals surface area contributed by atoms with E-state index in [2.05, 4.69) is 26.3 Å². The number of carboxylic acid groups (broad SMARTS) is 2. The van der Waals surface area contributed by atoms with Gasteiger partial charge in [0, 0.05) is 25.9 Å². The van der Waals surface area contributed by atoms with Crippen LogP contribution in [-0.2, 0) is 40.0 Å². The standard InChI is InChI=1S/C40H58N8O10/c1-7-30-37(54)47-33(39(57)58)25(5)35(52)45-28(14-11-19-43-40(41)42)36(53)44-27(24(4)34(51)46-29(38(55)56)17-18-32(50)48(30)6)16-15-22(2)20-23(3)31(49)21-26-12-9-8-10-13-26/h7-10,12-13,15-16,20,23-25,27-29,31,33,49H,11,14,17-19,21H2,1-6H3,(H,44,53)(H,45,52)(H,46,51)(H,47,54)(H,55,56)(H,57,58)(H4,41,42,43). The number of likely N-dealkylation sites (N-methyl/N-ethyl adjacent to an activating group) is 1. The van der Waals surface area contributed by atoms with E-state index in [-0.39, 0.29) is 43.4 Å². The number of nitrogens with one attached hydrogen (secondary N) is 4. The Hall–Kier alpha value is -6.04. The van der Waals surface area contributed by atoms with Gasteiger partial charge in [0.1, 0.15) is 23.8 Å². The smallest absolute Gasteiger partial charge is 0.327 e. The minimum absolute atomic E-state index is 0.0470. The van der Waals surface area contributed by atoms with Gasteiger partial charge in [-0.25, -0.2) is 9.59 Å². The maximum absolute atomic E-state index is 14.0. The van der Waals surface area contributed by atoms with Crippen LogP contribution in [0.25, 0.3) is 0 Å². The van der Waals surface area contributed by atoms with Gasteiger partial charge < -0.3 is 53.0 Å². The van der Waals surface area contributed by atoms with Gasteiger partial charge in [0.2, 0.25) is 23.6 Å². The van der Waals surface area contributed by atoms with Gasteiger partial charge in [-0.2, -0.15) is 0 Å². The zero-order valence-corrected chi connectivity index (χ0v) is 33.8. The van der Waals surface area contributed by atoms with Gasteiger partial charge in [-0.1, -0.05) is 81.0 Å². The third-order valence-electron chi connectivity index (χ3n) is 9.80. The number of amides is 5. The highest BCUT2D eigenvalue weighted by Crippen LogP contribution is 2.17. The average Bonchev–Trinajstić information content (AvgIpc) is 3.17. The molecule has 1 saturated heterocycles. The van der Waals surface area contributed by atoms with Crippen molar-refractivity contribution in [2.75, 3.05) is 13.6 Å². The van der Waals surface area contributed by atoms with Crippen LogP contribution in [0.1, 0.15) is 65.9 Å². The van der Waals surface area contributed by atoms with E-state index >= 15 is 0 Å². The highest BCUT2D eigenvalue weighted by Gasteiger charge is 2.36. The first-order chi connectivity index (χ1) is 27.3. The fourth-order valence-corrected chi connectivity index (χ4v) is 6.10. The van der Waals surface area contributed by atoms with Gasteiger partial charge in [-0.3, -0.25) is 29.0 Å². The highest BCUT2D eigenvalue weighted by atomic mass is 16.4. The van der Waals surface area contributed by atoms with E-state index in [0.29, 0.717) is 12.0 Å². The number of aliphatic carboxylic acids is 2. The Morgan fingerprint density at radius 2 is 1.59 bits per heavy atom. The van der Waals surface area contributed by atoms with Crippen molar-refractivity contribution in [3.8, 4) is 0 Å². The highest BCUT2D eigenvalue weighted by molar-refractivity contribution is 6.00. The molecule has 1 aromatic carbocycles. The number of aliphatic hydroxyl groups excluding tert-OH is 1. The van der Waals surface area contributed by atoms with E-state index in [9.17, 15) is 48.9 Å². The van der Waals surface area contributed by atoms with Crippen LogP contribution in [0.15, 0.2) is 70.9 Å². The Kier molecular flexibility index (Phi) is 19.3. The van der Waals surface area contributed by atoms with Crippen molar-refractivity contribution in [1.82, 2.24) is 26.2 Å². The average molecular weight is 811 g/mol. The number of aliphatic hydroxyl groups is 1. The first-order valence-corrected chi connectivity index (χ1v) is 19.0. The molecule has 8 atom stereocenters. The predicted octanol–water partition coefficient (Wildman–Crippen LogP) is 0.319. The van der Waals surface area contributed by atoms with Gasteiger partial charge in [0.25, 0.3) is 5.91 Å². The summed E-state index contributed by atoms with van der Waals surface area (Å²) in [6.45, 7) is 7.79. The molecule has 0 bridgehead atoms. The number of allylic oxidation sites excluding steroid dienone is 3. The number of benzene rings is 1. The third kappa shape index (κ3) is 15.1. The number of carboxylic acids is 2. The molecule has 1 aliphatic heterocycles. The maximum Gasteiger partial charge on any atom is 0.327 e. The largest absolute Gasteiger partial charge is 0.480 e. The summed E-state index contributed by atoms with van der Waals surface area (Å²) < 4.78 is 0. The molecule has 1 heterocycles. The molecule has 8 unspecified atom stereocenters. The van der Waals surface area contributed by atoms with Crippen LogP contribution in [0.4, 0.5) is 0 Å². The van der Waals surface area contributed by atoms with Crippen molar-refractivity contribution in [1.29, 1.82) is 0 Å². The van der Waals surface area contributed by atoms with Crippen molar-refractivity contribution in [2.24, 2.45) is 34.2 Å². The molecule has 0 spiro atoms. The summed E-state index contributed by atoms with van der Waals surface area (Å²) in [5, 5.41) is 40.9. The molecule has 0 aromatic heterocycles. The molecule has 11 N–H and O–H groups in total. The van der Waals surface area contributed by atoms with Crippen LogP contribution in [0.5, 0.6) is 0 Å². The number of guanidine groups is 1. The predicted molar refractivity (Wildman–Crippen MR) is 215 cm³/mol. The number of carbonyl (C=O) groups is 7. The van der Waals surface area contributed by atoms with Crippen molar-refractivity contribution in [3.63, 3.8) is 0 Å². The molecule has 18 nitrogen and oxygen atoms in total. The lowest BCUT2D eigenvalue weighted by Crippen LogP contribution is -2.56. The van der Waals surface area contributed by atoms with Crippen molar-refractivity contribution in [2.45, 2.75) is 97.0 Å². The van der Waals surface area contributed by atoms with Gasteiger partial charge in [0.15, 0.2) is 5.96 Å². The van der Waals surface area contributed by atoms with E-state index in [4.69, 9.17) is 11.5 Å². The lowest BCUT2D eigenvalue weighted by atomic mass is 9.94.